The van der Waals surface area contributed by atoms with Gasteiger partial charge in [0.2, 0.25) is 0 Å². The third-order valence-corrected chi connectivity index (χ3v) is 2.95. The molecule has 0 heterocycles. The summed E-state index contributed by atoms with van der Waals surface area (Å²) in [5, 5.41) is 19.8. The number of aliphatic hydroxyl groups excluding tert-OH is 1. The zero-order valence-corrected chi connectivity index (χ0v) is 10.1. The van der Waals surface area contributed by atoms with Crippen LogP contribution in [0.3, 0.4) is 0 Å². The first-order chi connectivity index (χ1) is 7.57. The second-order valence-corrected chi connectivity index (χ2v) is 4.32. The maximum Gasteiger partial charge on any atom is 0.139 e. The maximum absolute atomic E-state index is 9.84. The van der Waals surface area contributed by atoms with Crippen LogP contribution in [0.25, 0.3) is 0 Å². The summed E-state index contributed by atoms with van der Waals surface area (Å²) in [7, 11) is 0. The van der Waals surface area contributed by atoms with Gasteiger partial charge in [-0.25, -0.2) is 0 Å². The van der Waals surface area contributed by atoms with Gasteiger partial charge in [-0.2, -0.15) is 0 Å². The summed E-state index contributed by atoms with van der Waals surface area (Å²) in [6, 6.07) is 4.39. The van der Waals surface area contributed by atoms with Crippen molar-refractivity contribution < 1.29 is 10.2 Å². The minimum Gasteiger partial charge on any atom is -0.506 e. The van der Waals surface area contributed by atoms with Crippen molar-refractivity contribution in [1.29, 1.82) is 0 Å². The summed E-state index contributed by atoms with van der Waals surface area (Å²) >= 11 is 5.78. The molecule has 0 aromatic heterocycles. The third kappa shape index (κ3) is 3.11. The standard InChI is InChI=1S/C12H18ClNO2/c1-2-3-7-10(15)11(14)8-5-4-6-9(13)12(8)16/h4-6,10-11,15-16H,2-3,7,14H2,1H3/t10-,11+/m1/s1. The van der Waals surface area contributed by atoms with E-state index in [2.05, 4.69) is 6.92 Å². The van der Waals surface area contributed by atoms with Gasteiger partial charge < -0.3 is 15.9 Å². The molecule has 0 spiro atoms. The Balaban J connectivity index is 2.79. The van der Waals surface area contributed by atoms with Crippen molar-refractivity contribution in [3.8, 4) is 5.75 Å². The molecule has 0 bridgehead atoms. The molecule has 0 radical (unpaired) electrons. The number of halogens is 1. The Labute approximate surface area is 101 Å². The van der Waals surface area contributed by atoms with E-state index in [-0.39, 0.29) is 10.8 Å². The zero-order valence-electron chi connectivity index (χ0n) is 9.36. The normalized spacial score (nSPS) is 14.8. The van der Waals surface area contributed by atoms with E-state index >= 15 is 0 Å². The van der Waals surface area contributed by atoms with E-state index in [1.165, 1.54) is 0 Å². The molecule has 1 aromatic carbocycles. The molecule has 1 aromatic rings. The molecule has 0 saturated heterocycles. The molecule has 4 N–H and O–H groups in total. The Morgan fingerprint density at radius 1 is 1.44 bits per heavy atom. The van der Waals surface area contributed by atoms with Gasteiger partial charge in [-0.3, -0.25) is 0 Å². The summed E-state index contributed by atoms with van der Waals surface area (Å²) in [6.45, 7) is 2.05. The number of aliphatic hydroxyl groups is 1. The van der Waals surface area contributed by atoms with E-state index in [0.29, 0.717) is 12.0 Å². The molecule has 1 rings (SSSR count). The van der Waals surface area contributed by atoms with E-state index in [9.17, 15) is 10.2 Å². The monoisotopic (exact) mass is 243 g/mol. The van der Waals surface area contributed by atoms with E-state index in [1.54, 1.807) is 18.2 Å². The second-order valence-electron chi connectivity index (χ2n) is 3.91. The van der Waals surface area contributed by atoms with Gasteiger partial charge in [-0.15, -0.1) is 0 Å². The largest absolute Gasteiger partial charge is 0.506 e. The van der Waals surface area contributed by atoms with Gasteiger partial charge in [0.1, 0.15) is 5.75 Å². The van der Waals surface area contributed by atoms with Crippen LogP contribution < -0.4 is 5.73 Å². The first-order valence-electron chi connectivity index (χ1n) is 5.49. The number of rotatable bonds is 5. The van der Waals surface area contributed by atoms with Crippen LogP contribution in [-0.2, 0) is 0 Å². The van der Waals surface area contributed by atoms with E-state index in [0.717, 1.165) is 12.8 Å². The number of benzene rings is 1. The minimum absolute atomic E-state index is 0.0350. The topological polar surface area (TPSA) is 66.5 Å². The van der Waals surface area contributed by atoms with E-state index < -0.39 is 12.1 Å². The first-order valence-corrected chi connectivity index (χ1v) is 5.86. The lowest BCUT2D eigenvalue weighted by atomic mass is 9.98. The Morgan fingerprint density at radius 3 is 2.75 bits per heavy atom. The lowest BCUT2D eigenvalue weighted by Gasteiger charge is -2.20. The average Bonchev–Trinajstić information content (AvgIpc) is 2.28. The molecule has 0 fully saturated rings. The molecule has 0 aliphatic carbocycles. The predicted octanol–water partition coefficient (Wildman–Crippen LogP) is 2.60. The molecule has 0 amide bonds. The fourth-order valence-corrected chi connectivity index (χ4v) is 1.78. The molecule has 0 saturated carbocycles. The number of hydrogen-bond donors (Lipinski definition) is 3. The van der Waals surface area contributed by atoms with Gasteiger partial charge in [-0.1, -0.05) is 43.5 Å². The number of nitrogens with two attached hydrogens (primary N) is 1. The van der Waals surface area contributed by atoms with Gasteiger partial charge in [0.15, 0.2) is 0 Å². The van der Waals surface area contributed by atoms with Gasteiger partial charge in [0.25, 0.3) is 0 Å². The molecule has 90 valence electrons. The highest BCUT2D eigenvalue weighted by molar-refractivity contribution is 6.32. The van der Waals surface area contributed by atoms with Gasteiger partial charge in [0.05, 0.1) is 17.2 Å². The van der Waals surface area contributed by atoms with Crippen LogP contribution in [0.1, 0.15) is 37.8 Å². The molecule has 0 aliphatic heterocycles. The van der Waals surface area contributed by atoms with Crippen LogP contribution in [0.5, 0.6) is 5.75 Å². The summed E-state index contributed by atoms with van der Waals surface area (Å²) in [4.78, 5) is 0. The van der Waals surface area contributed by atoms with E-state index in [4.69, 9.17) is 17.3 Å². The number of hydrogen-bond acceptors (Lipinski definition) is 3. The van der Waals surface area contributed by atoms with Gasteiger partial charge in [0, 0.05) is 5.56 Å². The smallest absolute Gasteiger partial charge is 0.139 e. The zero-order chi connectivity index (χ0) is 12.1. The number of para-hydroxylation sites is 1. The molecule has 0 aliphatic rings. The van der Waals surface area contributed by atoms with Crippen LogP contribution in [-0.4, -0.2) is 16.3 Å². The number of unbranched alkanes of at least 4 members (excludes halogenated alkanes) is 1. The molecule has 0 unspecified atom stereocenters. The van der Waals surface area contributed by atoms with E-state index in [1.807, 2.05) is 0 Å². The molecular formula is C12H18ClNO2. The first kappa shape index (κ1) is 13.3. The lowest BCUT2D eigenvalue weighted by Crippen LogP contribution is -2.26. The van der Waals surface area contributed by atoms with Crippen LogP contribution in [0, 0.1) is 0 Å². The van der Waals surface area contributed by atoms with Gasteiger partial charge in [-0.05, 0) is 12.5 Å². The molecular weight excluding hydrogens is 226 g/mol. The molecule has 16 heavy (non-hydrogen) atoms. The molecule has 3 nitrogen and oxygen atoms in total. The summed E-state index contributed by atoms with van der Waals surface area (Å²) in [6.07, 6.45) is 1.90. The molecule has 2 atom stereocenters. The predicted molar refractivity (Wildman–Crippen MR) is 65.6 cm³/mol. The SMILES string of the molecule is CCCC[C@@H](O)[C@@H](N)c1cccc(Cl)c1O. The highest BCUT2D eigenvalue weighted by Crippen LogP contribution is 2.32. The fraction of sp³-hybridized carbons (Fsp3) is 0.500. The van der Waals surface area contributed by atoms with Crippen LogP contribution in [0.2, 0.25) is 5.02 Å². The lowest BCUT2D eigenvalue weighted by molar-refractivity contribution is 0.131. The summed E-state index contributed by atoms with van der Waals surface area (Å²) < 4.78 is 0. The third-order valence-electron chi connectivity index (χ3n) is 2.65. The van der Waals surface area contributed by atoms with Crippen molar-refractivity contribution in [2.75, 3.05) is 0 Å². The van der Waals surface area contributed by atoms with Crippen molar-refractivity contribution in [2.24, 2.45) is 5.73 Å². The van der Waals surface area contributed by atoms with Crippen molar-refractivity contribution >= 4 is 11.6 Å². The Bertz CT molecular complexity index is 344. The van der Waals surface area contributed by atoms with Crippen LogP contribution in [0.15, 0.2) is 18.2 Å². The fourth-order valence-electron chi connectivity index (χ4n) is 1.60. The quantitative estimate of drug-likeness (QED) is 0.745. The highest BCUT2D eigenvalue weighted by atomic mass is 35.5. The van der Waals surface area contributed by atoms with Gasteiger partial charge >= 0.3 is 0 Å². The molecule has 4 heteroatoms. The number of phenolic OH excluding ortho intramolecular Hbond substituents is 1. The van der Waals surface area contributed by atoms with Crippen molar-refractivity contribution in [1.82, 2.24) is 0 Å². The number of aromatic hydroxyl groups is 1. The van der Waals surface area contributed by atoms with Crippen molar-refractivity contribution in [3.63, 3.8) is 0 Å². The van der Waals surface area contributed by atoms with Crippen LogP contribution >= 0.6 is 11.6 Å². The summed E-state index contributed by atoms with van der Waals surface area (Å²) in [5.74, 6) is -0.0350. The Hall–Kier alpha value is -0.770. The van der Waals surface area contributed by atoms with Crippen molar-refractivity contribution in [2.45, 2.75) is 38.3 Å². The van der Waals surface area contributed by atoms with Crippen molar-refractivity contribution in [3.05, 3.63) is 28.8 Å². The minimum atomic E-state index is -0.649. The second kappa shape index (κ2) is 6.09. The maximum atomic E-state index is 9.84. The summed E-state index contributed by atoms with van der Waals surface area (Å²) in [5.41, 5.74) is 6.38. The highest BCUT2D eigenvalue weighted by Gasteiger charge is 2.20. The average molecular weight is 244 g/mol. The van der Waals surface area contributed by atoms with Crippen LogP contribution in [0.4, 0.5) is 0 Å². The number of phenols is 1. The Kier molecular flexibility index (Phi) is 5.06. The Morgan fingerprint density at radius 2 is 2.12 bits per heavy atom.